The Bertz CT molecular complexity index is 324. The second kappa shape index (κ2) is 4.29. The van der Waals surface area contributed by atoms with Crippen molar-refractivity contribution in [1.29, 1.82) is 0 Å². The summed E-state index contributed by atoms with van der Waals surface area (Å²) in [4.78, 5) is 11.6. The molecule has 12 heavy (non-hydrogen) atoms. The highest BCUT2D eigenvalue weighted by molar-refractivity contribution is 9.11. The molecule has 0 amide bonds. The van der Waals surface area contributed by atoms with Crippen LogP contribution in [0.1, 0.15) is 9.67 Å². The first kappa shape index (κ1) is 9.30. The second-order valence-corrected chi connectivity index (χ2v) is 4.35. The van der Waals surface area contributed by atoms with E-state index in [9.17, 15) is 4.79 Å². The van der Waals surface area contributed by atoms with Crippen LogP contribution in [-0.2, 0) is 4.74 Å². The molecule has 0 aliphatic carbocycles. The highest BCUT2D eigenvalue weighted by Gasteiger charge is 2.08. The summed E-state index contributed by atoms with van der Waals surface area (Å²) in [6.07, 6.45) is 4.93. The summed E-state index contributed by atoms with van der Waals surface area (Å²) in [5.41, 5.74) is 0. The molecule has 0 aliphatic rings. The van der Waals surface area contributed by atoms with Crippen LogP contribution in [0.15, 0.2) is 15.9 Å². The zero-order chi connectivity index (χ0) is 8.97. The van der Waals surface area contributed by atoms with Crippen LogP contribution in [0.4, 0.5) is 0 Å². The third-order valence-electron chi connectivity index (χ3n) is 1.06. The van der Waals surface area contributed by atoms with E-state index in [-0.39, 0.29) is 12.6 Å². The van der Waals surface area contributed by atoms with Crippen LogP contribution >= 0.6 is 27.3 Å². The molecule has 1 aromatic rings. The molecule has 0 saturated carbocycles. The lowest BCUT2D eigenvalue weighted by Gasteiger charge is -1.95. The van der Waals surface area contributed by atoms with Crippen molar-refractivity contribution in [3.8, 4) is 12.3 Å². The highest BCUT2D eigenvalue weighted by atomic mass is 79.9. The van der Waals surface area contributed by atoms with Crippen molar-refractivity contribution in [2.75, 3.05) is 6.61 Å². The molecule has 1 heterocycles. The number of rotatable bonds is 2. The van der Waals surface area contributed by atoms with Crippen molar-refractivity contribution >= 4 is 33.2 Å². The number of terminal acetylenes is 1. The fourth-order valence-electron chi connectivity index (χ4n) is 0.602. The minimum Gasteiger partial charge on any atom is -0.448 e. The first-order valence-corrected chi connectivity index (χ1v) is 4.71. The molecule has 0 atom stereocenters. The molecular weight excluding hydrogens is 240 g/mol. The minimum atomic E-state index is -0.372. The molecule has 2 nitrogen and oxygen atoms in total. The van der Waals surface area contributed by atoms with Gasteiger partial charge in [0.15, 0.2) is 6.61 Å². The number of ether oxygens (including phenoxy) is 1. The molecule has 0 aliphatic heterocycles. The largest absolute Gasteiger partial charge is 0.448 e. The molecule has 0 fully saturated rings. The summed E-state index contributed by atoms with van der Waals surface area (Å²) < 4.78 is 5.60. The van der Waals surface area contributed by atoms with Gasteiger partial charge in [-0.15, -0.1) is 17.8 Å². The van der Waals surface area contributed by atoms with Gasteiger partial charge >= 0.3 is 5.97 Å². The van der Waals surface area contributed by atoms with E-state index >= 15 is 0 Å². The highest BCUT2D eigenvalue weighted by Crippen LogP contribution is 2.22. The smallest absolute Gasteiger partial charge is 0.349 e. The summed E-state index contributed by atoms with van der Waals surface area (Å²) in [7, 11) is 0. The lowest BCUT2D eigenvalue weighted by Crippen LogP contribution is -2.02. The Morgan fingerprint density at radius 2 is 2.50 bits per heavy atom. The number of hydrogen-bond acceptors (Lipinski definition) is 3. The SMILES string of the molecule is C#CCOC(=O)c1ccc(Br)s1. The van der Waals surface area contributed by atoms with Gasteiger partial charge < -0.3 is 4.74 Å². The lowest BCUT2D eigenvalue weighted by molar-refractivity contribution is 0.0562. The second-order valence-electron chi connectivity index (χ2n) is 1.88. The van der Waals surface area contributed by atoms with E-state index in [4.69, 9.17) is 11.2 Å². The summed E-state index contributed by atoms with van der Waals surface area (Å²) in [6, 6.07) is 3.48. The molecule has 0 saturated heterocycles. The number of esters is 1. The Balaban J connectivity index is 2.61. The summed E-state index contributed by atoms with van der Waals surface area (Å²) in [5, 5.41) is 0. The summed E-state index contributed by atoms with van der Waals surface area (Å²) in [6.45, 7) is 0.0222. The number of halogens is 1. The minimum absolute atomic E-state index is 0.0222. The Morgan fingerprint density at radius 1 is 1.75 bits per heavy atom. The normalized spacial score (nSPS) is 9.00. The van der Waals surface area contributed by atoms with Crippen molar-refractivity contribution in [1.82, 2.24) is 0 Å². The van der Waals surface area contributed by atoms with Crippen molar-refractivity contribution in [3.05, 3.63) is 20.8 Å². The third-order valence-corrected chi connectivity index (χ3v) is 2.66. The summed E-state index contributed by atoms with van der Waals surface area (Å²) in [5.74, 6) is 1.85. The summed E-state index contributed by atoms with van der Waals surface area (Å²) >= 11 is 4.56. The molecule has 62 valence electrons. The van der Waals surface area contributed by atoms with Gasteiger partial charge in [-0.2, -0.15) is 0 Å². The van der Waals surface area contributed by atoms with Gasteiger partial charge in [-0.25, -0.2) is 4.79 Å². The maximum absolute atomic E-state index is 11.1. The van der Waals surface area contributed by atoms with E-state index in [1.807, 2.05) is 0 Å². The van der Waals surface area contributed by atoms with Gasteiger partial charge in [-0.1, -0.05) is 5.92 Å². The Hall–Kier alpha value is -0.790. The van der Waals surface area contributed by atoms with Crippen LogP contribution in [0.25, 0.3) is 0 Å². The van der Waals surface area contributed by atoms with E-state index in [0.717, 1.165) is 3.79 Å². The van der Waals surface area contributed by atoms with E-state index < -0.39 is 0 Å². The van der Waals surface area contributed by atoms with Crippen LogP contribution in [0.2, 0.25) is 0 Å². The van der Waals surface area contributed by atoms with Gasteiger partial charge in [0.05, 0.1) is 3.79 Å². The zero-order valence-corrected chi connectivity index (χ0v) is 8.44. The Labute approximate surface area is 82.7 Å². The lowest BCUT2D eigenvalue weighted by atomic mass is 10.5. The van der Waals surface area contributed by atoms with Gasteiger partial charge in [-0.05, 0) is 28.1 Å². The maximum atomic E-state index is 11.1. The van der Waals surface area contributed by atoms with Crippen LogP contribution < -0.4 is 0 Å². The number of carbonyl (C=O) groups is 1. The monoisotopic (exact) mass is 244 g/mol. The molecule has 1 aromatic heterocycles. The molecule has 4 heteroatoms. The van der Waals surface area contributed by atoms with Crippen molar-refractivity contribution in [2.45, 2.75) is 0 Å². The zero-order valence-electron chi connectivity index (χ0n) is 6.04. The molecule has 0 unspecified atom stereocenters. The molecule has 0 radical (unpaired) electrons. The molecular formula is C8H5BrO2S. The van der Waals surface area contributed by atoms with Gasteiger partial charge in [0.2, 0.25) is 0 Å². The van der Waals surface area contributed by atoms with Gasteiger partial charge in [0.1, 0.15) is 4.88 Å². The first-order valence-electron chi connectivity index (χ1n) is 3.10. The third kappa shape index (κ3) is 2.36. The quantitative estimate of drug-likeness (QED) is 0.590. The van der Waals surface area contributed by atoms with Crippen LogP contribution in [-0.4, -0.2) is 12.6 Å². The molecule has 0 N–H and O–H groups in total. The predicted octanol–water partition coefficient (Wildman–Crippen LogP) is 2.30. The maximum Gasteiger partial charge on any atom is 0.349 e. The van der Waals surface area contributed by atoms with Gasteiger partial charge in [-0.3, -0.25) is 0 Å². The average Bonchev–Trinajstić information content (AvgIpc) is 2.47. The van der Waals surface area contributed by atoms with Crippen LogP contribution in [0.3, 0.4) is 0 Å². The number of carbonyl (C=O) groups excluding carboxylic acids is 1. The van der Waals surface area contributed by atoms with E-state index in [0.29, 0.717) is 4.88 Å². The molecule has 0 spiro atoms. The fraction of sp³-hybridized carbons (Fsp3) is 0.125. The van der Waals surface area contributed by atoms with Gasteiger partial charge in [0.25, 0.3) is 0 Å². The van der Waals surface area contributed by atoms with Crippen LogP contribution in [0.5, 0.6) is 0 Å². The first-order chi connectivity index (χ1) is 5.74. The number of hydrogen-bond donors (Lipinski definition) is 0. The van der Waals surface area contributed by atoms with Crippen molar-refractivity contribution < 1.29 is 9.53 Å². The van der Waals surface area contributed by atoms with Crippen molar-refractivity contribution in [2.24, 2.45) is 0 Å². The van der Waals surface area contributed by atoms with Crippen molar-refractivity contribution in [3.63, 3.8) is 0 Å². The fourth-order valence-corrected chi connectivity index (χ4v) is 1.88. The van der Waals surface area contributed by atoms with Gasteiger partial charge in [0, 0.05) is 0 Å². The molecule has 0 bridgehead atoms. The molecule has 0 aromatic carbocycles. The van der Waals surface area contributed by atoms with Crippen LogP contribution in [0, 0.1) is 12.3 Å². The number of thiophene rings is 1. The van der Waals surface area contributed by atoms with E-state index in [2.05, 4.69) is 21.9 Å². The van der Waals surface area contributed by atoms with E-state index in [1.165, 1.54) is 11.3 Å². The van der Waals surface area contributed by atoms with E-state index in [1.54, 1.807) is 12.1 Å². The standard InChI is InChI=1S/C8H5BrO2S/c1-2-5-11-8(10)6-3-4-7(9)12-6/h1,3-4H,5H2. The molecule has 1 rings (SSSR count). The predicted molar refractivity (Wildman–Crippen MR) is 51.1 cm³/mol. The average molecular weight is 245 g/mol. The Morgan fingerprint density at radius 3 is 3.00 bits per heavy atom. The topological polar surface area (TPSA) is 26.3 Å². The Kier molecular flexibility index (Phi) is 3.32.